The number of rotatable bonds is 2. The molecule has 0 atom stereocenters. The van der Waals surface area contributed by atoms with Gasteiger partial charge in [0.1, 0.15) is 6.07 Å². The molecule has 0 aliphatic rings. The normalized spacial score (nSPS) is 9.91. The van der Waals surface area contributed by atoms with Crippen molar-refractivity contribution < 1.29 is 14.7 Å². The zero-order valence-electron chi connectivity index (χ0n) is 5.37. The maximum atomic E-state index is 10.1. The average Bonchev–Trinajstić information content (AvgIpc) is 1.87. The topological polar surface area (TPSA) is 116 Å². The van der Waals surface area contributed by atoms with Crippen LogP contribution in [0.5, 0.6) is 0 Å². The van der Waals surface area contributed by atoms with Crippen LogP contribution in [0.25, 0.3) is 0 Å². The van der Waals surface area contributed by atoms with Gasteiger partial charge in [-0.05, 0) is 0 Å². The molecule has 58 valence electrons. The van der Waals surface area contributed by atoms with Crippen molar-refractivity contribution in [1.29, 1.82) is 5.26 Å². The minimum atomic E-state index is -1.42. The van der Waals surface area contributed by atoms with E-state index in [4.69, 9.17) is 10.4 Å². The van der Waals surface area contributed by atoms with Gasteiger partial charge in [-0.3, -0.25) is 0 Å². The van der Waals surface area contributed by atoms with Crippen molar-refractivity contribution in [2.45, 2.75) is 0 Å². The van der Waals surface area contributed by atoms with E-state index in [1.165, 1.54) is 6.07 Å². The lowest BCUT2D eigenvalue weighted by molar-refractivity contribution is -0.132. The summed E-state index contributed by atoms with van der Waals surface area (Å²) in [4.78, 5) is 20.1. The minimum Gasteiger partial charge on any atom is -0.477 e. The lowest BCUT2D eigenvalue weighted by Crippen LogP contribution is -2.25. The Bertz CT molecular complexity index is 250. The number of hydrogen-bond acceptors (Lipinski definition) is 3. The minimum absolute atomic E-state index is 0.580. The van der Waals surface area contributed by atoms with Crippen LogP contribution in [0.2, 0.25) is 0 Å². The monoisotopic (exact) mass is 155 g/mol. The molecule has 6 heteroatoms. The lowest BCUT2D eigenvalue weighted by atomic mass is 10.3. The molecule has 0 saturated heterocycles. The molecule has 4 N–H and O–H groups in total. The van der Waals surface area contributed by atoms with E-state index in [0.29, 0.717) is 0 Å². The Balaban J connectivity index is 4.28. The second kappa shape index (κ2) is 3.90. The van der Waals surface area contributed by atoms with Gasteiger partial charge in [-0.25, -0.2) is 9.59 Å². The van der Waals surface area contributed by atoms with E-state index in [2.05, 4.69) is 5.73 Å². The van der Waals surface area contributed by atoms with Gasteiger partial charge in [0, 0.05) is 6.20 Å². The van der Waals surface area contributed by atoms with Crippen LogP contribution in [0.3, 0.4) is 0 Å². The third kappa shape index (κ3) is 3.53. The van der Waals surface area contributed by atoms with Gasteiger partial charge in [0.2, 0.25) is 0 Å². The molecule has 0 rings (SSSR count). The molecule has 0 aromatic heterocycles. The fourth-order valence-corrected chi connectivity index (χ4v) is 0.285. The molecule has 0 aliphatic heterocycles. The van der Waals surface area contributed by atoms with Gasteiger partial charge >= 0.3 is 12.0 Å². The lowest BCUT2D eigenvalue weighted by Gasteiger charge is -1.91. The van der Waals surface area contributed by atoms with Gasteiger partial charge in [-0.1, -0.05) is 0 Å². The summed E-state index contributed by atoms with van der Waals surface area (Å²) >= 11 is 0. The van der Waals surface area contributed by atoms with E-state index < -0.39 is 17.6 Å². The van der Waals surface area contributed by atoms with E-state index in [9.17, 15) is 9.59 Å². The quantitative estimate of drug-likeness (QED) is 0.355. The van der Waals surface area contributed by atoms with Crippen LogP contribution in [-0.2, 0) is 4.79 Å². The van der Waals surface area contributed by atoms with Crippen molar-refractivity contribution in [2.75, 3.05) is 0 Å². The summed E-state index contributed by atoms with van der Waals surface area (Å²) in [7, 11) is 0. The molecule has 0 spiro atoms. The molecule has 0 fully saturated rings. The first-order valence-corrected chi connectivity index (χ1v) is 2.47. The Kier molecular flexibility index (Phi) is 3.18. The summed E-state index contributed by atoms with van der Waals surface area (Å²) in [6.07, 6.45) is 0.727. The van der Waals surface area contributed by atoms with E-state index in [1.54, 1.807) is 0 Å². The Morgan fingerprint density at radius 2 is 2.18 bits per heavy atom. The number of urea groups is 1. The van der Waals surface area contributed by atoms with E-state index in [0.717, 1.165) is 6.20 Å². The Morgan fingerprint density at radius 3 is 2.45 bits per heavy atom. The number of hydrogen-bond donors (Lipinski definition) is 3. The largest absolute Gasteiger partial charge is 0.477 e. The number of nitrogens with one attached hydrogen (secondary N) is 1. The molecule has 0 aromatic carbocycles. The first kappa shape index (κ1) is 8.97. The van der Waals surface area contributed by atoms with Gasteiger partial charge in [-0.15, -0.1) is 0 Å². The molecule has 0 aromatic rings. The molecule has 0 aliphatic carbocycles. The summed E-state index contributed by atoms with van der Waals surface area (Å²) in [5.74, 6) is -1.42. The molecule has 0 saturated carbocycles. The average molecular weight is 155 g/mol. The number of carboxylic acid groups (broad SMARTS) is 1. The number of primary amides is 1. The smallest absolute Gasteiger partial charge is 0.347 e. The van der Waals surface area contributed by atoms with Crippen molar-refractivity contribution in [3.05, 3.63) is 11.8 Å². The van der Waals surface area contributed by atoms with Crippen LogP contribution < -0.4 is 11.1 Å². The number of carbonyl (C=O) groups excluding carboxylic acids is 1. The second-order valence-electron chi connectivity index (χ2n) is 1.48. The maximum Gasteiger partial charge on any atom is 0.347 e. The molecule has 0 bridgehead atoms. The number of amides is 2. The zero-order chi connectivity index (χ0) is 8.85. The zero-order valence-corrected chi connectivity index (χ0v) is 5.37. The van der Waals surface area contributed by atoms with Gasteiger partial charge < -0.3 is 16.2 Å². The second-order valence-corrected chi connectivity index (χ2v) is 1.48. The van der Waals surface area contributed by atoms with Crippen molar-refractivity contribution in [2.24, 2.45) is 5.73 Å². The van der Waals surface area contributed by atoms with Crippen LogP contribution in [0.1, 0.15) is 0 Å². The van der Waals surface area contributed by atoms with Gasteiger partial charge in [-0.2, -0.15) is 5.26 Å². The molecular weight excluding hydrogens is 150 g/mol. The van der Waals surface area contributed by atoms with Crippen LogP contribution >= 0.6 is 0 Å². The molecule has 2 amide bonds. The van der Waals surface area contributed by atoms with E-state index in [-0.39, 0.29) is 0 Å². The molecule has 11 heavy (non-hydrogen) atoms. The van der Waals surface area contributed by atoms with Crippen molar-refractivity contribution in [1.82, 2.24) is 5.32 Å². The maximum absolute atomic E-state index is 10.1. The number of nitrogens with zero attached hydrogens (tertiary/aromatic N) is 1. The van der Waals surface area contributed by atoms with Gasteiger partial charge in [0.05, 0.1) is 0 Å². The fraction of sp³-hybridized carbons (Fsp3) is 0. The number of nitriles is 1. The van der Waals surface area contributed by atoms with Crippen molar-refractivity contribution in [3.63, 3.8) is 0 Å². The number of carboxylic acids is 1. The Morgan fingerprint density at radius 1 is 1.64 bits per heavy atom. The van der Waals surface area contributed by atoms with E-state index in [1.807, 2.05) is 5.32 Å². The summed E-state index contributed by atoms with van der Waals surface area (Å²) < 4.78 is 0. The fourth-order valence-electron chi connectivity index (χ4n) is 0.285. The van der Waals surface area contributed by atoms with Gasteiger partial charge in [0.15, 0.2) is 5.57 Å². The summed E-state index contributed by atoms with van der Waals surface area (Å²) in [5.41, 5.74) is 4.02. The summed E-state index contributed by atoms with van der Waals surface area (Å²) in [5, 5.41) is 18.2. The third-order valence-corrected chi connectivity index (χ3v) is 0.710. The highest BCUT2D eigenvalue weighted by Gasteiger charge is 2.04. The van der Waals surface area contributed by atoms with Crippen LogP contribution in [0, 0.1) is 11.3 Å². The molecule has 6 nitrogen and oxygen atoms in total. The SMILES string of the molecule is N#CC(=CNC(N)=O)C(=O)O. The standard InChI is InChI=1S/C5H5N3O3/c6-1-3(4(9)10)2-8-5(7)11/h2H,(H,9,10)(H3,7,8,11). The predicted octanol–water partition coefficient (Wildman–Crippen LogP) is -0.853. The third-order valence-electron chi connectivity index (χ3n) is 0.710. The Hall–Kier alpha value is -2.03. The molecule has 0 unspecified atom stereocenters. The first-order valence-electron chi connectivity index (χ1n) is 2.47. The van der Waals surface area contributed by atoms with Crippen molar-refractivity contribution >= 4 is 12.0 Å². The first-order chi connectivity index (χ1) is 5.07. The summed E-state index contributed by atoms with van der Waals surface area (Å²) in [6.45, 7) is 0. The van der Waals surface area contributed by atoms with E-state index >= 15 is 0 Å². The highest BCUT2D eigenvalue weighted by molar-refractivity contribution is 5.91. The number of aliphatic carboxylic acids is 1. The predicted molar refractivity (Wildman–Crippen MR) is 34.1 cm³/mol. The molecular formula is C5H5N3O3. The highest BCUT2D eigenvalue weighted by atomic mass is 16.4. The number of nitrogens with two attached hydrogens (primary N) is 1. The van der Waals surface area contributed by atoms with Crippen LogP contribution in [0.15, 0.2) is 11.8 Å². The van der Waals surface area contributed by atoms with Crippen molar-refractivity contribution in [3.8, 4) is 6.07 Å². The Labute approximate surface area is 61.9 Å². The molecule has 0 heterocycles. The van der Waals surface area contributed by atoms with Crippen LogP contribution in [-0.4, -0.2) is 17.1 Å². The number of carbonyl (C=O) groups is 2. The van der Waals surface area contributed by atoms with Gasteiger partial charge in [0.25, 0.3) is 0 Å². The highest BCUT2D eigenvalue weighted by Crippen LogP contribution is 1.87. The van der Waals surface area contributed by atoms with Crippen LogP contribution in [0.4, 0.5) is 4.79 Å². The molecule has 0 radical (unpaired) electrons. The summed E-state index contributed by atoms with van der Waals surface area (Å²) in [6, 6.07) is 0.431.